The second-order valence-electron chi connectivity index (χ2n) is 4.94. The number of rotatable bonds is 6. The second-order valence-corrected chi connectivity index (χ2v) is 4.94. The first-order valence-electron chi connectivity index (χ1n) is 6.90. The zero-order valence-electron chi connectivity index (χ0n) is 12.3. The first-order chi connectivity index (χ1) is 10.2. The van der Waals surface area contributed by atoms with E-state index in [0.29, 0.717) is 5.75 Å². The molecule has 4 heteroatoms. The van der Waals surface area contributed by atoms with Crippen LogP contribution in [0.25, 0.3) is 0 Å². The lowest BCUT2D eigenvalue weighted by Gasteiger charge is -2.24. The maximum Gasteiger partial charge on any atom is 0.142 e. The van der Waals surface area contributed by atoms with Crippen LogP contribution in [0.2, 0.25) is 0 Å². The molecular formula is C17H21NO3. The Morgan fingerprint density at radius 3 is 2.33 bits per heavy atom. The molecule has 0 aliphatic carbocycles. The summed E-state index contributed by atoms with van der Waals surface area (Å²) < 4.78 is 11.4. The Morgan fingerprint density at radius 2 is 1.76 bits per heavy atom. The fraction of sp³-hybridized carbons (Fsp3) is 0.294. The molecule has 3 N–H and O–H groups in total. The molecule has 0 aromatic heterocycles. The summed E-state index contributed by atoms with van der Waals surface area (Å²) >= 11 is 0. The van der Waals surface area contributed by atoms with Gasteiger partial charge in [-0.2, -0.15) is 0 Å². The van der Waals surface area contributed by atoms with Gasteiger partial charge in [-0.25, -0.2) is 0 Å². The quantitative estimate of drug-likeness (QED) is 0.857. The number of hydrogen-bond acceptors (Lipinski definition) is 4. The van der Waals surface area contributed by atoms with Crippen LogP contribution < -0.4 is 15.2 Å². The molecule has 0 saturated heterocycles. The highest BCUT2D eigenvalue weighted by Crippen LogP contribution is 2.30. The van der Waals surface area contributed by atoms with Crippen LogP contribution in [0.1, 0.15) is 24.2 Å². The molecule has 2 aromatic rings. The van der Waals surface area contributed by atoms with Crippen LogP contribution in [-0.2, 0) is 6.61 Å². The van der Waals surface area contributed by atoms with Gasteiger partial charge in [-0.15, -0.1) is 0 Å². The number of aliphatic hydroxyl groups excluding tert-OH is 1. The van der Waals surface area contributed by atoms with Crippen molar-refractivity contribution in [2.45, 2.75) is 25.7 Å². The molecule has 0 radical (unpaired) electrons. The standard InChI is InChI=1S/C17H21NO3/c1-12(18)17(15-5-3-4-6-16(15)20-2)21-14-9-7-13(11-19)8-10-14/h3-10,12,17,19H,11,18H2,1-2H3. The van der Waals surface area contributed by atoms with Crippen molar-refractivity contribution in [2.75, 3.05) is 7.11 Å². The van der Waals surface area contributed by atoms with E-state index in [1.54, 1.807) is 7.11 Å². The molecule has 2 aromatic carbocycles. The summed E-state index contributed by atoms with van der Waals surface area (Å²) in [7, 11) is 1.63. The number of nitrogens with two attached hydrogens (primary N) is 1. The molecule has 4 nitrogen and oxygen atoms in total. The summed E-state index contributed by atoms with van der Waals surface area (Å²) in [5.41, 5.74) is 7.84. The van der Waals surface area contributed by atoms with Crippen molar-refractivity contribution in [2.24, 2.45) is 5.73 Å². The van der Waals surface area contributed by atoms with Crippen molar-refractivity contribution < 1.29 is 14.6 Å². The van der Waals surface area contributed by atoms with E-state index >= 15 is 0 Å². The molecule has 0 bridgehead atoms. The van der Waals surface area contributed by atoms with Gasteiger partial charge in [0.05, 0.1) is 13.7 Å². The van der Waals surface area contributed by atoms with Crippen LogP contribution in [0, 0.1) is 0 Å². The molecular weight excluding hydrogens is 266 g/mol. The summed E-state index contributed by atoms with van der Waals surface area (Å²) in [5, 5.41) is 9.07. The summed E-state index contributed by atoms with van der Waals surface area (Å²) in [5.74, 6) is 1.46. The van der Waals surface area contributed by atoms with Crippen LogP contribution in [0.3, 0.4) is 0 Å². The van der Waals surface area contributed by atoms with Crippen molar-refractivity contribution in [3.63, 3.8) is 0 Å². The van der Waals surface area contributed by atoms with Gasteiger partial charge in [0.15, 0.2) is 0 Å². The lowest BCUT2D eigenvalue weighted by molar-refractivity contribution is 0.176. The Kier molecular flexibility index (Phi) is 5.20. The third-order valence-electron chi connectivity index (χ3n) is 3.29. The minimum atomic E-state index is -0.305. The molecule has 0 aliphatic rings. The average molecular weight is 287 g/mol. The minimum absolute atomic E-state index is 0.0174. The predicted molar refractivity (Wildman–Crippen MR) is 82.4 cm³/mol. The lowest BCUT2D eigenvalue weighted by Crippen LogP contribution is -2.29. The number of ether oxygens (including phenoxy) is 2. The van der Waals surface area contributed by atoms with Crippen molar-refractivity contribution in [1.29, 1.82) is 0 Å². The van der Waals surface area contributed by atoms with Crippen LogP contribution >= 0.6 is 0 Å². The maximum absolute atomic E-state index is 9.07. The minimum Gasteiger partial charge on any atom is -0.496 e. The topological polar surface area (TPSA) is 64.7 Å². The number of methoxy groups -OCH3 is 1. The molecule has 112 valence electrons. The lowest BCUT2D eigenvalue weighted by atomic mass is 10.0. The van der Waals surface area contributed by atoms with Gasteiger partial charge in [0.25, 0.3) is 0 Å². The number of benzene rings is 2. The molecule has 0 aliphatic heterocycles. The van der Waals surface area contributed by atoms with E-state index in [2.05, 4.69) is 0 Å². The SMILES string of the molecule is COc1ccccc1C(Oc1ccc(CO)cc1)C(C)N. The van der Waals surface area contributed by atoms with Crippen molar-refractivity contribution in [3.8, 4) is 11.5 Å². The van der Waals surface area contributed by atoms with Crippen LogP contribution in [-0.4, -0.2) is 18.3 Å². The summed E-state index contributed by atoms with van der Waals surface area (Å²) in [4.78, 5) is 0. The molecule has 2 rings (SSSR count). The number of aliphatic hydroxyl groups is 1. The maximum atomic E-state index is 9.07. The normalized spacial score (nSPS) is 13.5. The van der Waals surface area contributed by atoms with Crippen LogP contribution in [0.5, 0.6) is 11.5 Å². The highest BCUT2D eigenvalue weighted by molar-refractivity contribution is 5.37. The molecule has 0 saturated carbocycles. The van der Waals surface area contributed by atoms with E-state index in [4.69, 9.17) is 20.3 Å². The zero-order valence-corrected chi connectivity index (χ0v) is 12.3. The summed E-state index contributed by atoms with van der Waals surface area (Å²) in [6.07, 6.45) is -0.305. The fourth-order valence-electron chi connectivity index (χ4n) is 2.18. The van der Waals surface area contributed by atoms with Crippen molar-refractivity contribution >= 4 is 0 Å². The average Bonchev–Trinajstić information content (AvgIpc) is 2.53. The first kappa shape index (κ1) is 15.4. The van der Waals surface area contributed by atoms with Crippen LogP contribution in [0.4, 0.5) is 0 Å². The van der Waals surface area contributed by atoms with Crippen LogP contribution in [0.15, 0.2) is 48.5 Å². The third kappa shape index (κ3) is 3.74. The largest absolute Gasteiger partial charge is 0.496 e. The molecule has 2 unspecified atom stereocenters. The highest BCUT2D eigenvalue weighted by atomic mass is 16.5. The Hall–Kier alpha value is -2.04. The molecule has 2 atom stereocenters. The van der Waals surface area contributed by atoms with E-state index in [0.717, 1.165) is 16.9 Å². The Bertz CT molecular complexity index is 567. The van der Waals surface area contributed by atoms with Gasteiger partial charge in [-0.3, -0.25) is 0 Å². The van der Waals surface area contributed by atoms with Gasteiger partial charge in [0.1, 0.15) is 17.6 Å². The monoisotopic (exact) mass is 287 g/mol. The van der Waals surface area contributed by atoms with Gasteiger partial charge in [0, 0.05) is 11.6 Å². The van der Waals surface area contributed by atoms with Crippen molar-refractivity contribution in [1.82, 2.24) is 0 Å². The van der Waals surface area contributed by atoms with Gasteiger partial charge in [-0.1, -0.05) is 30.3 Å². The Labute approximate surface area is 125 Å². The van der Waals surface area contributed by atoms with Gasteiger partial charge in [-0.05, 0) is 30.7 Å². The van der Waals surface area contributed by atoms with E-state index in [-0.39, 0.29) is 18.8 Å². The molecule has 0 fully saturated rings. The number of para-hydroxylation sites is 1. The Morgan fingerprint density at radius 1 is 1.10 bits per heavy atom. The smallest absolute Gasteiger partial charge is 0.142 e. The van der Waals surface area contributed by atoms with E-state index in [9.17, 15) is 0 Å². The second kappa shape index (κ2) is 7.11. The molecule has 21 heavy (non-hydrogen) atoms. The number of hydrogen-bond donors (Lipinski definition) is 2. The van der Waals surface area contributed by atoms with E-state index < -0.39 is 0 Å². The fourth-order valence-corrected chi connectivity index (χ4v) is 2.18. The van der Waals surface area contributed by atoms with Gasteiger partial charge >= 0.3 is 0 Å². The first-order valence-corrected chi connectivity index (χ1v) is 6.90. The van der Waals surface area contributed by atoms with Gasteiger partial charge < -0.3 is 20.3 Å². The predicted octanol–water partition coefficient (Wildman–Crippen LogP) is 2.65. The van der Waals surface area contributed by atoms with E-state index in [1.807, 2.05) is 55.5 Å². The van der Waals surface area contributed by atoms with Crippen molar-refractivity contribution in [3.05, 3.63) is 59.7 Å². The molecule has 0 heterocycles. The summed E-state index contributed by atoms with van der Waals surface area (Å²) in [6.45, 7) is 1.92. The zero-order chi connectivity index (χ0) is 15.2. The molecule has 0 amide bonds. The Balaban J connectivity index is 2.26. The molecule has 0 spiro atoms. The van der Waals surface area contributed by atoms with Gasteiger partial charge in [0.2, 0.25) is 0 Å². The third-order valence-corrected chi connectivity index (χ3v) is 3.29. The highest BCUT2D eigenvalue weighted by Gasteiger charge is 2.21. The van der Waals surface area contributed by atoms with E-state index in [1.165, 1.54) is 0 Å². The summed E-state index contributed by atoms with van der Waals surface area (Å²) in [6, 6.07) is 14.8.